The molecule has 4 heteroatoms. The molecular weight excluding hydrogens is 278 g/mol. The number of nitrogens with one attached hydrogen (secondary N) is 1. The predicted octanol–water partition coefficient (Wildman–Crippen LogP) is 3.08. The van der Waals surface area contributed by atoms with Gasteiger partial charge in [-0.05, 0) is 23.3 Å². The first kappa shape index (κ1) is 14.6. The van der Waals surface area contributed by atoms with Crippen LogP contribution in [-0.4, -0.2) is 16.0 Å². The van der Waals surface area contributed by atoms with Crippen LogP contribution in [0, 0.1) is 5.92 Å². The van der Waals surface area contributed by atoms with E-state index in [0.717, 1.165) is 11.1 Å². The molecule has 1 fully saturated rings. The van der Waals surface area contributed by atoms with Crippen LogP contribution >= 0.6 is 0 Å². The highest BCUT2D eigenvalue weighted by Gasteiger charge is 2.34. The average molecular weight is 297 g/mol. The van der Waals surface area contributed by atoms with Gasteiger partial charge in [0.15, 0.2) is 11.5 Å². The minimum absolute atomic E-state index is 0.0363. The van der Waals surface area contributed by atoms with E-state index in [-0.39, 0.29) is 35.3 Å². The summed E-state index contributed by atoms with van der Waals surface area (Å²) in [5, 5.41) is 22.7. The molecule has 0 aromatic heterocycles. The fourth-order valence-electron chi connectivity index (χ4n) is 3.01. The van der Waals surface area contributed by atoms with Crippen molar-refractivity contribution in [3.8, 4) is 11.5 Å². The molecule has 1 saturated heterocycles. The van der Waals surface area contributed by atoms with Gasteiger partial charge in [0.2, 0.25) is 0 Å². The van der Waals surface area contributed by atoms with Crippen LogP contribution in [0.1, 0.15) is 36.6 Å². The number of hydrogen-bond acceptors (Lipinski definition) is 4. The van der Waals surface area contributed by atoms with E-state index in [2.05, 4.69) is 5.32 Å². The van der Waals surface area contributed by atoms with E-state index in [1.165, 1.54) is 12.1 Å². The molecule has 22 heavy (non-hydrogen) atoms. The van der Waals surface area contributed by atoms with Crippen LogP contribution in [0.4, 0.5) is 0 Å². The van der Waals surface area contributed by atoms with Gasteiger partial charge in [-0.15, -0.1) is 0 Å². The predicted molar refractivity (Wildman–Crippen MR) is 83.6 cm³/mol. The summed E-state index contributed by atoms with van der Waals surface area (Å²) in [6.07, 6.45) is 0.464. The van der Waals surface area contributed by atoms with E-state index in [9.17, 15) is 15.0 Å². The maximum Gasteiger partial charge on any atom is 0.157 e. The third kappa shape index (κ3) is 2.70. The monoisotopic (exact) mass is 297 g/mol. The van der Waals surface area contributed by atoms with Gasteiger partial charge in [-0.2, -0.15) is 0 Å². The smallest absolute Gasteiger partial charge is 0.157 e. The average Bonchev–Trinajstić information content (AvgIpc) is 2.53. The molecule has 3 atom stereocenters. The molecule has 1 heterocycles. The Morgan fingerprint density at radius 1 is 1.00 bits per heavy atom. The first-order chi connectivity index (χ1) is 10.6. The van der Waals surface area contributed by atoms with Crippen LogP contribution in [0.5, 0.6) is 11.5 Å². The molecule has 0 saturated carbocycles. The Morgan fingerprint density at radius 2 is 1.73 bits per heavy atom. The van der Waals surface area contributed by atoms with Gasteiger partial charge in [0, 0.05) is 24.4 Å². The first-order valence-electron chi connectivity index (χ1n) is 7.42. The van der Waals surface area contributed by atoms with Crippen molar-refractivity contribution in [1.82, 2.24) is 5.32 Å². The van der Waals surface area contributed by atoms with Gasteiger partial charge in [0.1, 0.15) is 5.78 Å². The third-order valence-corrected chi connectivity index (χ3v) is 4.35. The number of hydrogen-bond donors (Lipinski definition) is 3. The Kier molecular flexibility index (Phi) is 3.86. The van der Waals surface area contributed by atoms with Crippen molar-refractivity contribution in [3.05, 3.63) is 59.7 Å². The summed E-state index contributed by atoms with van der Waals surface area (Å²) >= 11 is 0. The van der Waals surface area contributed by atoms with Gasteiger partial charge >= 0.3 is 0 Å². The quantitative estimate of drug-likeness (QED) is 0.745. The maximum absolute atomic E-state index is 12.4. The Bertz CT molecular complexity index is 684. The molecule has 3 unspecified atom stereocenters. The molecule has 0 aliphatic carbocycles. The molecular formula is C18H19NO3. The zero-order chi connectivity index (χ0) is 15.7. The highest BCUT2D eigenvalue weighted by atomic mass is 16.3. The second-order valence-corrected chi connectivity index (χ2v) is 5.81. The van der Waals surface area contributed by atoms with Crippen LogP contribution in [-0.2, 0) is 4.79 Å². The minimum Gasteiger partial charge on any atom is -0.504 e. The SMILES string of the molecule is CC1C(=O)CC(c2ccccc2)NC1c1ccc(O)c(O)c1. The van der Waals surface area contributed by atoms with E-state index in [4.69, 9.17) is 0 Å². The highest BCUT2D eigenvalue weighted by molar-refractivity contribution is 5.83. The highest BCUT2D eigenvalue weighted by Crippen LogP contribution is 2.37. The van der Waals surface area contributed by atoms with Crippen molar-refractivity contribution in [2.45, 2.75) is 25.4 Å². The molecule has 0 radical (unpaired) electrons. The molecule has 114 valence electrons. The summed E-state index contributed by atoms with van der Waals surface area (Å²) < 4.78 is 0. The van der Waals surface area contributed by atoms with Gasteiger partial charge in [0.05, 0.1) is 0 Å². The largest absolute Gasteiger partial charge is 0.504 e. The molecule has 0 amide bonds. The van der Waals surface area contributed by atoms with E-state index in [1.807, 2.05) is 37.3 Å². The Hall–Kier alpha value is -2.33. The van der Waals surface area contributed by atoms with E-state index >= 15 is 0 Å². The number of ketones is 1. The summed E-state index contributed by atoms with van der Waals surface area (Å²) in [7, 11) is 0. The third-order valence-electron chi connectivity index (χ3n) is 4.35. The number of phenols is 2. The van der Waals surface area contributed by atoms with Crippen LogP contribution in [0.2, 0.25) is 0 Å². The minimum atomic E-state index is -0.182. The van der Waals surface area contributed by atoms with Crippen LogP contribution < -0.4 is 5.32 Å². The molecule has 4 nitrogen and oxygen atoms in total. The molecule has 3 N–H and O–H groups in total. The van der Waals surface area contributed by atoms with Crippen LogP contribution in [0.15, 0.2) is 48.5 Å². The van der Waals surface area contributed by atoms with Gasteiger partial charge in [0.25, 0.3) is 0 Å². The van der Waals surface area contributed by atoms with E-state index in [1.54, 1.807) is 6.07 Å². The van der Waals surface area contributed by atoms with Crippen LogP contribution in [0.25, 0.3) is 0 Å². The molecule has 1 aliphatic rings. The molecule has 1 aliphatic heterocycles. The van der Waals surface area contributed by atoms with Crippen molar-refractivity contribution >= 4 is 5.78 Å². The number of carbonyl (C=O) groups is 1. The van der Waals surface area contributed by atoms with E-state index < -0.39 is 0 Å². The van der Waals surface area contributed by atoms with Crippen molar-refractivity contribution in [2.75, 3.05) is 0 Å². The zero-order valence-corrected chi connectivity index (χ0v) is 12.4. The lowest BCUT2D eigenvalue weighted by molar-refractivity contribution is -0.126. The number of piperidine rings is 1. The standard InChI is InChI=1S/C18H19NO3/c1-11-16(21)10-14(12-5-3-2-4-6-12)19-18(11)13-7-8-15(20)17(22)9-13/h2-9,11,14,18-20,22H,10H2,1H3. The summed E-state index contributed by atoms with van der Waals surface area (Å²) in [4.78, 5) is 12.4. The van der Waals surface area contributed by atoms with Crippen molar-refractivity contribution in [3.63, 3.8) is 0 Å². The fourth-order valence-corrected chi connectivity index (χ4v) is 3.01. The molecule has 0 spiro atoms. The number of Topliss-reactive ketones (excluding diaryl/α,β-unsaturated/α-hetero) is 1. The number of rotatable bonds is 2. The fraction of sp³-hybridized carbons (Fsp3) is 0.278. The summed E-state index contributed by atoms with van der Waals surface area (Å²) in [6, 6.07) is 14.4. The lowest BCUT2D eigenvalue weighted by atomic mass is 9.82. The number of aromatic hydroxyl groups is 2. The Labute approximate surface area is 129 Å². The van der Waals surface area contributed by atoms with Crippen molar-refractivity contribution in [1.29, 1.82) is 0 Å². The van der Waals surface area contributed by atoms with Crippen molar-refractivity contribution in [2.24, 2.45) is 5.92 Å². The molecule has 2 aromatic rings. The van der Waals surface area contributed by atoms with Crippen LogP contribution in [0.3, 0.4) is 0 Å². The van der Waals surface area contributed by atoms with E-state index in [0.29, 0.717) is 6.42 Å². The van der Waals surface area contributed by atoms with Gasteiger partial charge in [-0.25, -0.2) is 0 Å². The Morgan fingerprint density at radius 3 is 2.41 bits per heavy atom. The second kappa shape index (κ2) is 5.81. The first-order valence-corrected chi connectivity index (χ1v) is 7.42. The lowest BCUT2D eigenvalue weighted by Crippen LogP contribution is -2.41. The Balaban J connectivity index is 1.92. The maximum atomic E-state index is 12.4. The zero-order valence-electron chi connectivity index (χ0n) is 12.4. The summed E-state index contributed by atoms with van der Waals surface area (Å²) in [5.41, 5.74) is 1.88. The van der Waals surface area contributed by atoms with Gasteiger partial charge < -0.3 is 15.5 Å². The normalized spacial score (nSPS) is 25.1. The second-order valence-electron chi connectivity index (χ2n) is 5.81. The molecule has 0 bridgehead atoms. The molecule has 3 rings (SSSR count). The van der Waals surface area contributed by atoms with Crippen molar-refractivity contribution < 1.29 is 15.0 Å². The number of benzene rings is 2. The summed E-state index contributed by atoms with van der Waals surface area (Å²) in [6.45, 7) is 1.89. The van der Waals surface area contributed by atoms with Gasteiger partial charge in [-0.3, -0.25) is 4.79 Å². The number of carbonyl (C=O) groups excluding carboxylic acids is 1. The topological polar surface area (TPSA) is 69.6 Å². The van der Waals surface area contributed by atoms with Gasteiger partial charge in [-0.1, -0.05) is 43.3 Å². The molecule has 2 aromatic carbocycles. The lowest BCUT2D eigenvalue weighted by Gasteiger charge is -2.35. The summed E-state index contributed by atoms with van der Waals surface area (Å²) in [5.74, 6) is -0.298. The number of phenolic OH excluding ortho intramolecular Hbond substituents is 2.